The van der Waals surface area contributed by atoms with Crippen LogP contribution in [0.25, 0.3) is 0 Å². The quantitative estimate of drug-likeness (QED) is 0.537. The monoisotopic (exact) mass is 326 g/mol. The zero-order valence-corrected chi connectivity index (χ0v) is 15.2. The summed E-state index contributed by atoms with van der Waals surface area (Å²) in [6, 6.07) is 17.2. The first-order valence-electron chi connectivity index (χ1n) is 8.67. The number of hydrogen-bond donors (Lipinski definition) is 0. The molecule has 1 atom stereocenters. The average Bonchev–Trinajstić information content (AvgIpc) is 2.65. The van der Waals surface area contributed by atoms with Gasteiger partial charge in [-0.1, -0.05) is 42.5 Å². The fraction of sp³-hybridized carbons (Fsp3) is 0.381. The van der Waals surface area contributed by atoms with E-state index in [-0.39, 0.29) is 5.78 Å². The van der Waals surface area contributed by atoms with E-state index in [1.807, 2.05) is 54.6 Å². The summed E-state index contributed by atoms with van der Waals surface area (Å²) in [5.41, 5.74) is 1.31. The first-order chi connectivity index (χ1) is 11.5. The summed E-state index contributed by atoms with van der Waals surface area (Å²) >= 11 is 0. The fourth-order valence-electron chi connectivity index (χ4n) is 2.76. The number of nitrogens with zero attached hydrogens (tertiary/aromatic N) is 1. The minimum atomic E-state index is 0.00193. The van der Waals surface area contributed by atoms with Crippen LogP contribution >= 0.6 is 0 Å². The molecule has 128 valence electrons. The molecule has 0 bridgehead atoms. The van der Waals surface area contributed by atoms with E-state index in [0.29, 0.717) is 29.5 Å². The molecule has 24 heavy (non-hydrogen) atoms. The average molecular weight is 326 g/mol. The van der Waals surface area contributed by atoms with Crippen LogP contribution < -0.4 is 4.74 Å². The largest absolute Gasteiger partial charge is 0.487 e. The van der Waals surface area contributed by atoms with Gasteiger partial charge < -0.3 is 9.22 Å². The summed E-state index contributed by atoms with van der Waals surface area (Å²) in [6.07, 6.45) is 0. The second kappa shape index (κ2) is 8.11. The summed E-state index contributed by atoms with van der Waals surface area (Å²) in [7, 11) is 2.25. The van der Waals surface area contributed by atoms with Gasteiger partial charge in [0.25, 0.3) is 0 Å². The van der Waals surface area contributed by atoms with E-state index in [2.05, 4.69) is 27.8 Å². The third-order valence-electron chi connectivity index (χ3n) is 5.16. The molecule has 1 unspecified atom stereocenters. The Morgan fingerprint density at radius 3 is 2.21 bits per heavy atom. The summed E-state index contributed by atoms with van der Waals surface area (Å²) in [5.74, 6) is 0.666. The molecular weight excluding hydrogens is 298 g/mol. The van der Waals surface area contributed by atoms with Gasteiger partial charge in [0, 0.05) is 5.56 Å². The number of quaternary nitrogens is 1. The molecule has 0 saturated carbocycles. The molecule has 3 heteroatoms. The van der Waals surface area contributed by atoms with E-state index in [1.54, 1.807) is 0 Å². The van der Waals surface area contributed by atoms with Crippen molar-refractivity contribution in [1.29, 1.82) is 0 Å². The third kappa shape index (κ3) is 4.04. The lowest BCUT2D eigenvalue weighted by molar-refractivity contribution is -0.928. The lowest BCUT2D eigenvalue weighted by Crippen LogP contribution is -2.53. The predicted octanol–water partition coefficient (Wildman–Crippen LogP) is 4.17. The van der Waals surface area contributed by atoms with Gasteiger partial charge in [0.15, 0.2) is 5.78 Å². The smallest absolute Gasteiger partial charge is 0.196 e. The SMILES string of the molecule is CC[N+](C)(CC)C(C)COc1ccccc1C(=O)c1ccccc1. The number of rotatable bonds is 8. The number of likely N-dealkylation sites (N-methyl/N-ethyl adjacent to an activating group) is 1. The van der Waals surface area contributed by atoms with Crippen LogP contribution in [0.3, 0.4) is 0 Å². The van der Waals surface area contributed by atoms with E-state index in [1.165, 1.54) is 0 Å². The molecule has 0 aliphatic heterocycles. The predicted molar refractivity (Wildman–Crippen MR) is 98.5 cm³/mol. The second-order valence-corrected chi connectivity index (χ2v) is 6.46. The highest BCUT2D eigenvalue weighted by molar-refractivity contribution is 6.10. The summed E-state index contributed by atoms with van der Waals surface area (Å²) in [5, 5.41) is 0. The Morgan fingerprint density at radius 1 is 1.00 bits per heavy atom. The van der Waals surface area contributed by atoms with Gasteiger partial charge in [-0.3, -0.25) is 4.79 Å². The molecular formula is C21H28NO2+. The van der Waals surface area contributed by atoms with Gasteiger partial charge in [-0.25, -0.2) is 0 Å². The Labute approximate surface area is 145 Å². The molecule has 2 aromatic rings. The van der Waals surface area contributed by atoms with E-state index >= 15 is 0 Å². The number of para-hydroxylation sites is 1. The lowest BCUT2D eigenvalue weighted by atomic mass is 10.0. The molecule has 0 aliphatic carbocycles. The van der Waals surface area contributed by atoms with Crippen molar-refractivity contribution in [3.8, 4) is 5.75 Å². The minimum absolute atomic E-state index is 0.00193. The number of benzene rings is 2. The van der Waals surface area contributed by atoms with E-state index in [9.17, 15) is 4.79 Å². The highest BCUT2D eigenvalue weighted by Crippen LogP contribution is 2.22. The molecule has 0 aromatic heterocycles. The van der Waals surface area contributed by atoms with Crippen LogP contribution in [0.4, 0.5) is 0 Å². The molecule has 0 aliphatic rings. The van der Waals surface area contributed by atoms with Gasteiger partial charge in [0.05, 0.1) is 25.7 Å². The molecule has 0 radical (unpaired) electrons. The summed E-state index contributed by atoms with van der Waals surface area (Å²) < 4.78 is 7.01. The van der Waals surface area contributed by atoms with Crippen LogP contribution in [0.1, 0.15) is 36.7 Å². The molecule has 0 spiro atoms. The summed E-state index contributed by atoms with van der Waals surface area (Å²) in [4.78, 5) is 12.7. The number of ketones is 1. The van der Waals surface area contributed by atoms with Crippen LogP contribution in [0.2, 0.25) is 0 Å². The Kier molecular flexibility index (Phi) is 6.16. The van der Waals surface area contributed by atoms with Crippen LogP contribution in [0.15, 0.2) is 54.6 Å². The highest BCUT2D eigenvalue weighted by atomic mass is 16.5. The zero-order chi connectivity index (χ0) is 17.6. The first kappa shape index (κ1) is 18.2. The van der Waals surface area contributed by atoms with Crippen molar-refractivity contribution in [3.63, 3.8) is 0 Å². The summed E-state index contributed by atoms with van der Waals surface area (Å²) in [6.45, 7) is 9.32. The van der Waals surface area contributed by atoms with Gasteiger partial charge in [-0.15, -0.1) is 0 Å². The molecule has 0 fully saturated rings. The van der Waals surface area contributed by atoms with Crippen molar-refractivity contribution in [2.24, 2.45) is 0 Å². The van der Waals surface area contributed by atoms with Crippen LogP contribution in [-0.2, 0) is 0 Å². The number of carbonyl (C=O) groups is 1. The van der Waals surface area contributed by atoms with Crippen LogP contribution in [-0.4, -0.2) is 43.1 Å². The van der Waals surface area contributed by atoms with Gasteiger partial charge in [0.1, 0.15) is 18.4 Å². The third-order valence-corrected chi connectivity index (χ3v) is 5.16. The standard InChI is InChI=1S/C21H28NO2/c1-5-22(4,6-2)17(3)16-24-20-15-11-10-14-19(20)21(23)18-12-8-7-9-13-18/h7-15,17H,5-6,16H2,1-4H3/q+1. The number of hydrogen-bond acceptors (Lipinski definition) is 2. The molecule has 2 rings (SSSR count). The van der Waals surface area contributed by atoms with Crippen LogP contribution in [0.5, 0.6) is 5.75 Å². The number of carbonyl (C=O) groups excluding carboxylic acids is 1. The maximum atomic E-state index is 12.7. The van der Waals surface area contributed by atoms with Crippen molar-refractivity contribution in [2.75, 3.05) is 26.7 Å². The van der Waals surface area contributed by atoms with E-state index < -0.39 is 0 Å². The molecule has 0 N–H and O–H groups in total. The van der Waals surface area contributed by atoms with E-state index in [4.69, 9.17) is 4.74 Å². The Balaban J connectivity index is 2.17. The van der Waals surface area contributed by atoms with Crippen molar-refractivity contribution in [3.05, 3.63) is 65.7 Å². The van der Waals surface area contributed by atoms with Gasteiger partial charge in [-0.2, -0.15) is 0 Å². The molecule has 3 nitrogen and oxygen atoms in total. The highest BCUT2D eigenvalue weighted by Gasteiger charge is 2.26. The molecule has 0 saturated heterocycles. The number of ether oxygens (including phenoxy) is 1. The Hall–Kier alpha value is -2.13. The molecule has 0 amide bonds. The van der Waals surface area contributed by atoms with Crippen molar-refractivity contribution in [2.45, 2.75) is 26.8 Å². The Morgan fingerprint density at radius 2 is 1.58 bits per heavy atom. The zero-order valence-electron chi connectivity index (χ0n) is 15.2. The topological polar surface area (TPSA) is 26.3 Å². The maximum absolute atomic E-state index is 12.7. The van der Waals surface area contributed by atoms with Gasteiger partial charge in [-0.05, 0) is 32.9 Å². The molecule has 2 aromatic carbocycles. The lowest BCUT2D eigenvalue weighted by Gasteiger charge is -2.38. The van der Waals surface area contributed by atoms with Crippen LogP contribution in [0, 0.1) is 0 Å². The van der Waals surface area contributed by atoms with Crippen molar-refractivity contribution < 1.29 is 14.0 Å². The van der Waals surface area contributed by atoms with Gasteiger partial charge >= 0.3 is 0 Å². The first-order valence-corrected chi connectivity index (χ1v) is 8.67. The van der Waals surface area contributed by atoms with Crippen molar-refractivity contribution >= 4 is 5.78 Å². The Bertz CT molecular complexity index is 663. The van der Waals surface area contributed by atoms with E-state index in [0.717, 1.165) is 17.6 Å². The van der Waals surface area contributed by atoms with Gasteiger partial charge in [0.2, 0.25) is 0 Å². The normalized spacial score (nSPS) is 12.7. The molecule has 0 heterocycles. The minimum Gasteiger partial charge on any atom is -0.487 e. The maximum Gasteiger partial charge on any atom is 0.196 e. The fourth-order valence-corrected chi connectivity index (χ4v) is 2.76. The second-order valence-electron chi connectivity index (χ2n) is 6.46. The van der Waals surface area contributed by atoms with Crippen molar-refractivity contribution in [1.82, 2.24) is 0 Å².